The van der Waals surface area contributed by atoms with Crippen LogP contribution in [0, 0.1) is 5.82 Å². The molecule has 0 amide bonds. The SMILES string of the molecule is CCOC(=O)c1ccc(CNC(=NC)NCc2cccc(F)c2)cc1. The molecule has 5 nitrogen and oxygen atoms in total. The molecule has 0 aliphatic heterocycles. The summed E-state index contributed by atoms with van der Waals surface area (Å²) in [5, 5.41) is 6.30. The van der Waals surface area contributed by atoms with Gasteiger partial charge in [0.1, 0.15) is 5.82 Å². The van der Waals surface area contributed by atoms with Crippen LogP contribution in [-0.4, -0.2) is 25.6 Å². The van der Waals surface area contributed by atoms with Crippen LogP contribution in [0.1, 0.15) is 28.4 Å². The lowest BCUT2D eigenvalue weighted by Gasteiger charge is -2.12. The van der Waals surface area contributed by atoms with E-state index in [9.17, 15) is 9.18 Å². The van der Waals surface area contributed by atoms with Crippen LogP contribution in [0.5, 0.6) is 0 Å². The Morgan fingerprint density at radius 1 is 1.08 bits per heavy atom. The van der Waals surface area contributed by atoms with Crippen molar-refractivity contribution in [1.29, 1.82) is 0 Å². The fourth-order valence-corrected chi connectivity index (χ4v) is 2.21. The average molecular weight is 343 g/mol. The second kappa shape index (κ2) is 9.42. The molecule has 0 spiro atoms. The van der Waals surface area contributed by atoms with E-state index in [1.54, 1.807) is 32.2 Å². The highest BCUT2D eigenvalue weighted by Gasteiger charge is 2.06. The number of guanidine groups is 1. The van der Waals surface area contributed by atoms with Gasteiger partial charge in [-0.2, -0.15) is 0 Å². The molecule has 0 atom stereocenters. The van der Waals surface area contributed by atoms with Gasteiger partial charge in [0, 0.05) is 20.1 Å². The molecule has 0 aliphatic rings. The van der Waals surface area contributed by atoms with Crippen LogP contribution in [0.25, 0.3) is 0 Å². The standard InChI is InChI=1S/C19H22FN3O2/c1-3-25-18(24)16-9-7-14(8-10-16)12-22-19(21-2)23-13-15-5-4-6-17(20)11-15/h4-11H,3,12-13H2,1-2H3,(H2,21,22,23). The minimum absolute atomic E-state index is 0.260. The summed E-state index contributed by atoms with van der Waals surface area (Å²) in [5.41, 5.74) is 2.36. The largest absolute Gasteiger partial charge is 0.462 e. The molecular weight excluding hydrogens is 321 g/mol. The number of halogens is 1. The molecule has 6 heteroatoms. The third-order valence-electron chi connectivity index (χ3n) is 3.50. The highest BCUT2D eigenvalue weighted by atomic mass is 19.1. The van der Waals surface area contributed by atoms with Gasteiger partial charge in [0.05, 0.1) is 12.2 Å². The van der Waals surface area contributed by atoms with Crippen molar-refractivity contribution in [1.82, 2.24) is 10.6 Å². The molecule has 2 rings (SSSR count). The van der Waals surface area contributed by atoms with Gasteiger partial charge in [-0.15, -0.1) is 0 Å². The summed E-state index contributed by atoms with van der Waals surface area (Å²) in [6, 6.07) is 13.6. The molecule has 0 saturated heterocycles. The van der Waals surface area contributed by atoms with E-state index in [1.165, 1.54) is 12.1 Å². The lowest BCUT2D eigenvalue weighted by atomic mass is 10.1. The lowest BCUT2D eigenvalue weighted by molar-refractivity contribution is 0.0526. The van der Waals surface area contributed by atoms with Crippen LogP contribution in [0.4, 0.5) is 4.39 Å². The quantitative estimate of drug-likeness (QED) is 0.481. The van der Waals surface area contributed by atoms with Crippen LogP contribution in [0.3, 0.4) is 0 Å². The van der Waals surface area contributed by atoms with Crippen molar-refractivity contribution in [2.45, 2.75) is 20.0 Å². The molecule has 0 heterocycles. The number of hydrogen-bond acceptors (Lipinski definition) is 3. The van der Waals surface area contributed by atoms with Gasteiger partial charge in [-0.1, -0.05) is 24.3 Å². The fourth-order valence-electron chi connectivity index (χ4n) is 2.21. The van der Waals surface area contributed by atoms with Crippen molar-refractivity contribution >= 4 is 11.9 Å². The van der Waals surface area contributed by atoms with Gasteiger partial charge in [0.2, 0.25) is 0 Å². The average Bonchev–Trinajstić information content (AvgIpc) is 2.62. The molecule has 25 heavy (non-hydrogen) atoms. The summed E-state index contributed by atoms with van der Waals surface area (Å²) < 4.78 is 18.1. The number of rotatable bonds is 6. The highest BCUT2D eigenvalue weighted by Crippen LogP contribution is 2.06. The fraction of sp³-hybridized carbons (Fsp3) is 0.263. The van der Waals surface area contributed by atoms with Crippen molar-refractivity contribution in [3.8, 4) is 0 Å². The van der Waals surface area contributed by atoms with Gasteiger partial charge in [-0.3, -0.25) is 4.99 Å². The van der Waals surface area contributed by atoms with Crippen LogP contribution in [0.15, 0.2) is 53.5 Å². The van der Waals surface area contributed by atoms with Gasteiger partial charge in [0.25, 0.3) is 0 Å². The molecule has 132 valence electrons. The Labute approximate surface area is 146 Å². The Kier molecular flexibility index (Phi) is 6.95. The maximum Gasteiger partial charge on any atom is 0.338 e. The van der Waals surface area contributed by atoms with Crippen molar-refractivity contribution in [3.05, 3.63) is 71.0 Å². The number of nitrogens with zero attached hydrogens (tertiary/aromatic N) is 1. The van der Waals surface area contributed by atoms with E-state index in [1.807, 2.05) is 18.2 Å². The summed E-state index contributed by atoms with van der Waals surface area (Å²) in [6.07, 6.45) is 0. The number of esters is 1. The first kappa shape index (κ1) is 18.4. The highest BCUT2D eigenvalue weighted by molar-refractivity contribution is 5.89. The predicted octanol–water partition coefficient (Wildman–Crippen LogP) is 2.87. The molecule has 2 aromatic carbocycles. The summed E-state index contributed by atoms with van der Waals surface area (Å²) in [5.74, 6) is 0.0252. The van der Waals surface area contributed by atoms with E-state index in [-0.39, 0.29) is 11.8 Å². The number of carbonyl (C=O) groups excluding carboxylic acids is 1. The van der Waals surface area contributed by atoms with Gasteiger partial charge in [0.15, 0.2) is 5.96 Å². The molecule has 0 aromatic heterocycles. The zero-order valence-electron chi connectivity index (χ0n) is 14.4. The van der Waals surface area contributed by atoms with E-state index in [0.717, 1.165) is 11.1 Å². The van der Waals surface area contributed by atoms with Crippen molar-refractivity contribution in [2.24, 2.45) is 4.99 Å². The zero-order chi connectivity index (χ0) is 18.1. The number of carbonyl (C=O) groups is 1. The first-order chi connectivity index (χ1) is 12.1. The van der Waals surface area contributed by atoms with Gasteiger partial charge < -0.3 is 15.4 Å². The Balaban J connectivity index is 1.85. The smallest absolute Gasteiger partial charge is 0.338 e. The second-order valence-electron chi connectivity index (χ2n) is 5.33. The summed E-state index contributed by atoms with van der Waals surface area (Å²) in [7, 11) is 1.67. The molecule has 2 aromatic rings. The van der Waals surface area contributed by atoms with Crippen molar-refractivity contribution in [2.75, 3.05) is 13.7 Å². The Bertz CT molecular complexity index is 730. The third kappa shape index (κ3) is 5.91. The second-order valence-corrected chi connectivity index (χ2v) is 5.33. The molecule has 0 aliphatic carbocycles. The topological polar surface area (TPSA) is 62.7 Å². The normalized spacial score (nSPS) is 11.1. The maximum atomic E-state index is 13.2. The summed E-state index contributed by atoms with van der Waals surface area (Å²) >= 11 is 0. The van der Waals surface area contributed by atoms with E-state index in [2.05, 4.69) is 15.6 Å². The number of aliphatic imine (C=N–C) groups is 1. The minimum atomic E-state index is -0.324. The van der Waals surface area contributed by atoms with E-state index >= 15 is 0 Å². The van der Waals surface area contributed by atoms with Crippen LogP contribution in [0.2, 0.25) is 0 Å². The molecule has 0 unspecified atom stereocenters. The Morgan fingerprint density at radius 3 is 2.36 bits per heavy atom. The van der Waals surface area contributed by atoms with E-state index in [0.29, 0.717) is 31.2 Å². The van der Waals surface area contributed by atoms with Gasteiger partial charge in [-0.05, 0) is 42.3 Å². The summed E-state index contributed by atoms with van der Waals surface area (Å²) in [6.45, 7) is 3.15. The van der Waals surface area contributed by atoms with Crippen LogP contribution < -0.4 is 10.6 Å². The molecule has 2 N–H and O–H groups in total. The maximum absolute atomic E-state index is 13.2. The van der Waals surface area contributed by atoms with Crippen LogP contribution >= 0.6 is 0 Å². The van der Waals surface area contributed by atoms with Crippen molar-refractivity contribution < 1.29 is 13.9 Å². The van der Waals surface area contributed by atoms with Crippen LogP contribution in [-0.2, 0) is 17.8 Å². The monoisotopic (exact) mass is 343 g/mol. The zero-order valence-corrected chi connectivity index (χ0v) is 14.4. The number of ether oxygens (including phenoxy) is 1. The van der Waals surface area contributed by atoms with Gasteiger partial charge in [-0.25, -0.2) is 9.18 Å². The molecule has 0 fully saturated rings. The summed E-state index contributed by atoms with van der Waals surface area (Å²) in [4.78, 5) is 15.8. The first-order valence-electron chi connectivity index (χ1n) is 8.07. The van der Waals surface area contributed by atoms with E-state index < -0.39 is 0 Å². The first-order valence-corrected chi connectivity index (χ1v) is 8.07. The molecule has 0 bridgehead atoms. The van der Waals surface area contributed by atoms with E-state index in [4.69, 9.17) is 4.74 Å². The Morgan fingerprint density at radius 2 is 1.76 bits per heavy atom. The molecule has 0 radical (unpaired) electrons. The minimum Gasteiger partial charge on any atom is -0.462 e. The molecular formula is C19H22FN3O2. The Hall–Kier alpha value is -2.89. The molecule has 0 saturated carbocycles. The third-order valence-corrected chi connectivity index (χ3v) is 3.50. The predicted molar refractivity (Wildman–Crippen MR) is 95.8 cm³/mol. The number of benzene rings is 2. The number of nitrogens with one attached hydrogen (secondary N) is 2. The lowest BCUT2D eigenvalue weighted by Crippen LogP contribution is -2.36. The van der Waals surface area contributed by atoms with Gasteiger partial charge >= 0.3 is 5.97 Å². The number of hydrogen-bond donors (Lipinski definition) is 2. The van der Waals surface area contributed by atoms with Crippen molar-refractivity contribution in [3.63, 3.8) is 0 Å².